The molecule has 0 amide bonds. The van der Waals surface area contributed by atoms with Crippen molar-refractivity contribution in [3.05, 3.63) is 0 Å². The SMILES string of the molecule is CCC(C)N1CCN(CC(C)C(N)=S)CC1. The molecule has 0 spiro atoms. The van der Waals surface area contributed by atoms with Gasteiger partial charge in [0.25, 0.3) is 0 Å². The minimum absolute atomic E-state index is 0.338. The number of hydrogen-bond acceptors (Lipinski definition) is 3. The first-order valence-electron chi connectivity index (χ1n) is 6.30. The topological polar surface area (TPSA) is 32.5 Å². The van der Waals surface area contributed by atoms with Gasteiger partial charge in [-0.1, -0.05) is 26.1 Å². The van der Waals surface area contributed by atoms with E-state index in [2.05, 4.69) is 30.6 Å². The summed E-state index contributed by atoms with van der Waals surface area (Å²) < 4.78 is 0. The van der Waals surface area contributed by atoms with Crippen LogP contribution in [0.2, 0.25) is 0 Å². The van der Waals surface area contributed by atoms with Crippen molar-refractivity contribution in [2.75, 3.05) is 32.7 Å². The lowest BCUT2D eigenvalue weighted by molar-refractivity contribution is 0.0969. The van der Waals surface area contributed by atoms with Crippen molar-refractivity contribution < 1.29 is 0 Å². The van der Waals surface area contributed by atoms with E-state index in [1.165, 1.54) is 19.5 Å². The van der Waals surface area contributed by atoms with E-state index >= 15 is 0 Å². The van der Waals surface area contributed by atoms with E-state index < -0.39 is 0 Å². The van der Waals surface area contributed by atoms with Crippen molar-refractivity contribution in [1.29, 1.82) is 0 Å². The summed E-state index contributed by atoms with van der Waals surface area (Å²) in [4.78, 5) is 5.69. The number of rotatable bonds is 5. The molecule has 94 valence electrons. The van der Waals surface area contributed by atoms with Crippen LogP contribution in [0.5, 0.6) is 0 Å². The highest BCUT2D eigenvalue weighted by Gasteiger charge is 2.21. The zero-order valence-corrected chi connectivity index (χ0v) is 11.6. The molecule has 4 heteroatoms. The molecule has 1 fully saturated rings. The summed E-state index contributed by atoms with van der Waals surface area (Å²) in [6, 6.07) is 0.718. The molecule has 3 nitrogen and oxygen atoms in total. The molecule has 0 aliphatic carbocycles. The molecule has 1 saturated heterocycles. The molecular weight excluding hydrogens is 218 g/mol. The van der Waals surface area contributed by atoms with E-state index in [9.17, 15) is 0 Å². The Balaban J connectivity index is 2.29. The molecule has 0 aromatic rings. The van der Waals surface area contributed by atoms with Crippen molar-refractivity contribution in [3.8, 4) is 0 Å². The van der Waals surface area contributed by atoms with Gasteiger partial charge >= 0.3 is 0 Å². The van der Waals surface area contributed by atoms with Crippen molar-refractivity contribution in [2.45, 2.75) is 33.2 Å². The number of thiocarbonyl (C=S) groups is 1. The molecule has 2 atom stereocenters. The van der Waals surface area contributed by atoms with Crippen molar-refractivity contribution in [1.82, 2.24) is 9.80 Å². The zero-order chi connectivity index (χ0) is 12.1. The number of nitrogens with zero attached hydrogens (tertiary/aromatic N) is 2. The van der Waals surface area contributed by atoms with Gasteiger partial charge in [0.15, 0.2) is 0 Å². The largest absolute Gasteiger partial charge is 0.393 e. The van der Waals surface area contributed by atoms with Crippen LogP contribution in [0, 0.1) is 5.92 Å². The third-order valence-electron chi connectivity index (χ3n) is 3.64. The van der Waals surface area contributed by atoms with E-state index in [-0.39, 0.29) is 0 Å². The predicted molar refractivity (Wildman–Crippen MR) is 73.7 cm³/mol. The van der Waals surface area contributed by atoms with Crippen LogP contribution in [-0.2, 0) is 0 Å². The summed E-state index contributed by atoms with van der Waals surface area (Å²) in [5.41, 5.74) is 5.64. The quantitative estimate of drug-likeness (QED) is 0.738. The normalized spacial score (nSPS) is 22.9. The Kier molecular flexibility index (Phi) is 5.66. The maximum atomic E-state index is 5.64. The maximum absolute atomic E-state index is 5.64. The lowest BCUT2D eigenvalue weighted by atomic mass is 10.1. The lowest BCUT2D eigenvalue weighted by Gasteiger charge is -2.38. The van der Waals surface area contributed by atoms with Crippen LogP contribution < -0.4 is 5.73 Å². The van der Waals surface area contributed by atoms with E-state index in [0.29, 0.717) is 10.9 Å². The Bertz CT molecular complexity index is 224. The van der Waals surface area contributed by atoms with E-state index in [1.807, 2.05) is 0 Å². The monoisotopic (exact) mass is 243 g/mol. The molecule has 2 unspecified atom stereocenters. The molecule has 1 heterocycles. The van der Waals surface area contributed by atoms with Gasteiger partial charge in [0, 0.05) is 44.7 Å². The van der Waals surface area contributed by atoms with E-state index in [1.54, 1.807) is 0 Å². The fourth-order valence-electron chi connectivity index (χ4n) is 2.12. The molecule has 0 bridgehead atoms. The third kappa shape index (κ3) is 4.00. The highest BCUT2D eigenvalue weighted by atomic mass is 32.1. The van der Waals surface area contributed by atoms with E-state index in [4.69, 9.17) is 18.0 Å². The highest BCUT2D eigenvalue weighted by molar-refractivity contribution is 7.80. The van der Waals surface area contributed by atoms with Gasteiger partial charge in [0.2, 0.25) is 0 Å². The summed E-state index contributed by atoms with van der Waals surface area (Å²) in [5, 5.41) is 0. The fourth-order valence-corrected chi connectivity index (χ4v) is 2.20. The maximum Gasteiger partial charge on any atom is 0.0768 e. The van der Waals surface area contributed by atoms with Crippen LogP contribution in [-0.4, -0.2) is 53.6 Å². The van der Waals surface area contributed by atoms with Gasteiger partial charge in [-0.3, -0.25) is 4.90 Å². The number of nitrogens with two attached hydrogens (primary N) is 1. The van der Waals surface area contributed by atoms with E-state index in [0.717, 1.165) is 25.7 Å². The average Bonchev–Trinajstić information content (AvgIpc) is 2.28. The zero-order valence-electron chi connectivity index (χ0n) is 10.8. The van der Waals surface area contributed by atoms with Gasteiger partial charge in [-0.2, -0.15) is 0 Å². The lowest BCUT2D eigenvalue weighted by Crippen LogP contribution is -2.50. The standard InChI is InChI=1S/C12H25N3S/c1-4-11(3)15-7-5-14(6-8-15)9-10(2)12(13)16/h10-11H,4-9H2,1-3H3,(H2,13,16). The molecule has 16 heavy (non-hydrogen) atoms. The van der Waals surface area contributed by atoms with Gasteiger partial charge in [0.05, 0.1) is 4.99 Å². The Hall–Kier alpha value is -0.190. The molecule has 2 N–H and O–H groups in total. The Morgan fingerprint density at radius 2 is 1.81 bits per heavy atom. The van der Waals surface area contributed by atoms with Crippen molar-refractivity contribution >= 4 is 17.2 Å². The molecular formula is C12H25N3S. The predicted octanol–water partition coefficient (Wildman–Crippen LogP) is 1.32. The number of piperazine rings is 1. The van der Waals surface area contributed by atoms with Crippen LogP contribution in [0.1, 0.15) is 27.2 Å². The summed E-state index contributed by atoms with van der Waals surface area (Å²) in [6.07, 6.45) is 1.24. The first kappa shape index (κ1) is 13.9. The molecule has 1 rings (SSSR count). The molecule has 0 saturated carbocycles. The van der Waals surface area contributed by atoms with Crippen LogP contribution in [0.25, 0.3) is 0 Å². The molecule has 0 aromatic carbocycles. The second-order valence-corrected chi connectivity index (χ2v) is 5.37. The number of hydrogen-bond donors (Lipinski definition) is 1. The Morgan fingerprint density at radius 3 is 2.25 bits per heavy atom. The second-order valence-electron chi connectivity index (χ2n) is 4.90. The molecule has 0 radical (unpaired) electrons. The van der Waals surface area contributed by atoms with Gasteiger partial charge in [-0.15, -0.1) is 0 Å². The first-order valence-corrected chi connectivity index (χ1v) is 6.71. The van der Waals surface area contributed by atoms with Gasteiger partial charge in [-0.05, 0) is 13.3 Å². The average molecular weight is 243 g/mol. The minimum Gasteiger partial charge on any atom is -0.393 e. The molecule has 1 aliphatic heterocycles. The van der Waals surface area contributed by atoms with Crippen molar-refractivity contribution in [2.24, 2.45) is 11.7 Å². The summed E-state index contributed by atoms with van der Waals surface area (Å²) in [7, 11) is 0. The van der Waals surface area contributed by atoms with Crippen LogP contribution in [0.15, 0.2) is 0 Å². The van der Waals surface area contributed by atoms with Gasteiger partial charge in [-0.25, -0.2) is 0 Å². The molecule has 0 aromatic heterocycles. The smallest absolute Gasteiger partial charge is 0.0768 e. The summed E-state index contributed by atoms with van der Waals surface area (Å²) in [6.45, 7) is 12.4. The van der Waals surface area contributed by atoms with Crippen LogP contribution >= 0.6 is 12.2 Å². The third-order valence-corrected chi connectivity index (χ3v) is 4.04. The minimum atomic E-state index is 0.338. The van der Waals surface area contributed by atoms with Crippen LogP contribution in [0.3, 0.4) is 0 Å². The summed E-state index contributed by atoms with van der Waals surface area (Å²) in [5.74, 6) is 0.338. The van der Waals surface area contributed by atoms with Gasteiger partial charge < -0.3 is 10.6 Å². The Morgan fingerprint density at radius 1 is 1.25 bits per heavy atom. The van der Waals surface area contributed by atoms with Crippen LogP contribution in [0.4, 0.5) is 0 Å². The fraction of sp³-hybridized carbons (Fsp3) is 0.917. The summed E-state index contributed by atoms with van der Waals surface area (Å²) >= 11 is 5.01. The van der Waals surface area contributed by atoms with Gasteiger partial charge in [0.1, 0.15) is 0 Å². The molecule has 1 aliphatic rings. The van der Waals surface area contributed by atoms with Crippen molar-refractivity contribution in [3.63, 3.8) is 0 Å². The first-order chi connectivity index (χ1) is 7.54. The Labute approximate surface area is 105 Å². The second kappa shape index (κ2) is 6.52. The highest BCUT2D eigenvalue weighted by Crippen LogP contribution is 2.10.